The fourth-order valence-electron chi connectivity index (χ4n) is 1.48. The number of hydrogen-bond acceptors (Lipinski definition) is 2. The molecule has 92 valence electrons. The van der Waals surface area contributed by atoms with Crippen LogP contribution < -0.4 is 5.32 Å². The van der Waals surface area contributed by atoms with E-state index in [-0.39, 0.29) is 11.4 Å². The highest BCUT2D eigenvalue weighted by Gasteiger charge is 2.11. The molecule has 5 heteroatoms. The lowest BCUT2D eigenvalue weighted by atomic mass is 10.2. The van der Waals surface area contributed by atoms with Gasteiger partial charge in [-0.05, 0) is 36.8 Å². The second kappa shape index (κ2) is 4.91. The maximum Gasteiger partial charge on any atom is 0.258 e. The first kappa shape index (κ1) is 12.2. The van der Waals surface area contributed by atoms with Crippen LogP contribution in [-0.4, -0.2) is 10.9 Å². The first-order chi connectivity index (χ1) is 8.58. The first-order valence-corrected chi connectivity index (χ1v) is 5.25. The zero-order chi connectivity index (χ0) is 13.1. The van der Waals surface area contributed by atoms with Crippen molar-refractivity contribution in [3.05, 3.63) is 59.4 Å². The zero-order valence-electron chi connectivity index (χ0n) is 9.58. The van der Waals surface area contributed by atoms with Gasteiger partial charge in [0.25, 0.3) is 5.91 Å². The molecule has 0 saturated heterocycles. The van der Waals surface area contributed by atoms with Crippen molar-refractivity contribution in [3.63, 3.8) is 0 Å². The number of nitrogens with one attached hydrogen (secondary N) is 1. The van der Waals surface area contributed by atoms with Crippen LogP contribution in [-0.2, 0) is 0 Å². The summed E-state index contributed by atoms with van der Waals surface area (Å²) < 4.78 is 26.3. The molecule has 1 N–H and O–H groups in total. The number of hydrogen-bond donors (Lipinski definition) is 1. The first-order valence-electron chi connectivity index (χ1n) is 5.25. The van der Waals surface area contributed by atoms with E-state index in [1.165, 1.54) is 30.5 Å². The van der Waals surface area contributed by atoms with Crippen molar-refractivity contribution in [3.8, 4) is 0 Å². The lowest BCUT2D eigenvalue weighted by Crippen LogP contribution is -2.14. The smallest absolute Gasteiger partial charge is 0.258 e. The number of nitrogens with zero attached hydrogens (tertiary/aromatic N) is 1. The second-order valence-electron chi connectivity index (χ2n) is 3.77. The van der Waals surface area contributed by atoms with Gasteiger partial charge in [-0.1, -0.05) is 0 Å². The van der Waals surface area contributed by atoms with Gasteiger partial charge in [-0.2, -0.15) is 0 Å². The monoisotopic (exact) mass is 248 g/mol. The van der Waals surface area contributed by atoms with Crippen molar-refractivity contribution < 1.29 is 13.6 Å². The van der Waals surface area contributed by atoms with Gasteiger partial charge in [0.15, 0.2) is 5.82 Å². The van der Waals surface area contributed by atoms with Gasteiger partial charge in [0.1, 0.15) is 5.82 Å². The maximum absolute atomic E-state index is 13.3. The van der Waals surface area contributed by atoms with Crippen LogP contribution in [0.5, 0.6) is 0 Å². The van der Waals surface area contributed by atoms with Crippen LogP contribution in [0.4, 0.5) is 14.5 Å². The lowest BCUT2D eigenvalue weighted by Gasteiger charge is -2.07. The topological polar surface area (TPSA) is 42.0 Å². The van der Waals surface area contributed by atoms with Gasteiger partial charge < -0.3 is 5.32 Å². The average molecular weight is 248 g/mol. The van der Waals surface area contributed by atoms with Crippen molar-refractivity contribution in [1.82, 2.24) is 4.98 Å². The fourth-order valence-corrected chi connectivity index (χ4v) is 1.48. The predicted molar refractivity (Wildman–Crippen MR) is 63.3 cm³/mol. The van der Waals surface area contributed by atoms with Gasteiger partial charge in [0, 0.05) is 11.9 Å². The van der Waals surface area contributed by atoms with Crippen molar-refractivity contribution in [2.75, 3.05) is 5.32 Å². The van der Waals surface area contributed by atoms with Gasteiger partial charge in [-0.3, -0.25) is 9.78 Å². The molecule has 0 aliphatic carbocycles. The molecule has 0 unspecified atom stereocenters. The Morgan fingerprint density at radius 2 is 2.00 bits per heavy atom. The molecular formula is C13H10F2N2O. The van der Waals surface area contributed by atoms with Crippen LogP contribution in [0.1, 0.15) is 15.9 Å². The number of rotatable bonds is 2. The standard InChI is InChI=1S/C13H10F2N2O/c1-8-6-9(2-3-11(8)14)17-13(18)10-4-5-16-7-12(10)15/h2-7H,1H3,(H,17,18). The summed E-state index contributed by atoms with van der Waals surface area (Å²) >= 11 is 0. The van der Waals surface area contributed by atoms with Crippen LogP contribution >= 0.6 is 0 Å². The Morgan fingerprint density at radius 1 is 1.22 bits per heavy atom. The molecule has 0 aliphatic heterocycles. The number of benzene rings is 1. The predicted octanol–water partition coefficient (Wildman–Crippen LogP) is 2.92. The molecule has 0 radical (unpaired) electrons. The minimum Gasteiger partial charge on any atom is -0.322 e. The average Bonchev–Trinajstić information content (AvgIpc) is 2.34. The minimum atomic E-state index is -0.700. The Hall–Kier alpha value is -2.30. The van der Waals surface area contributed by atoms with Crippen molar-refractivity contribution in [2.45, 2.75) is 6.92 Å². The SMILES string of the molecule is Cc1cc(NC(=O)c2ccncc2F)ccc1F. The molecule has 1 amide bonds. The Bertz CT molecular complexity index is 599. The normalized spacial score (nSPS) is 10.2. The van der Waals surface area contributed by atoms with Crippen molar-refractivity contribution in [1.29, 1.82) is 0 Å². The molecule has 2 aromatic rings. The molecule has 0 spiro atoms. The van der Waals surface area contributed by atoms with Gasteiger partial charge in [-0.15, -0.1) is 0 Å². The number of pyridine rings is 1. The summed E-state index contributed by atoms with van der Waals surface area (Å²) in [7, 11) is 0. The van der Waals surface area contributed by atoms with Crippen LogP contribution in [0, 0.1) is 18.6 Å². The number of aryl methyl sites for hydroxylation is 1. The largest absolute Gasteiger partial charge is 0.322 e. The van der Waals surface area contributed by atoms with Crippen molar-refractivity contribution >= 4 is 11.6 Å². The molecule has 18 heavy (non-hydrogen) atoms. The Morgan fingerprint density at radius 3 is 2.67 bits per heavy atom. The number of amides is 1. The quantitative estimate of drug-likeness (QED) is 0.887. The third-order valence-electron chi connectivity index (χ3n) is 2.43. The van der Waals surface area contributed by atoms with Gasteiger partial charge in [0.05, 0.1) is 11.8 Å². The Balaban J connectivity index is 2.22. The summed E-state index contributed by atoms with van der Waals surface area (Å²) in [6.45, 7) is 1.58. The second-order valence-corrected chi connectivity index (χ2v) is 3.77. The van der Waals surface area contributed by atoms with E-state index in [9.17, 15) is 13.6 Å². The highest BCUT2D eigenvalue weighted by Crippen LogP contribution is 2.15. The van der Waals surface area contributed by atoms with Crippen LogP contribution in [0.25, 0.3) is 0 Å². The van der Waals surface area contributed by atoms with E-state index in [4.69, 9.17) is 0 Å². The molecule has 3 nitrogen and oxygen atoms in total. The molecule has 2 rings (SSSR count). The molecule has 0 atom stereocenters. The molecule has 0 fully saturated rings. The van der Waals surface area contributed by atoms with E-state index in [0.717, 1.165) is 6.20 Å². The van der Waals surface area contributed by atoms with E-state index in [2.05, 4.69) is 10.3 Å². The number of carbonyl (C=O) groups excluding carboxylic acids is 1. The molecule has 0 saturated carbocycles. The summed E-state index contributed by atoms with van der Waals surface area (Å²) in [5.74, 6) is -1.65. The van der Waals surface area contributed by atoms with Crippen LogP contribution in [0.2, 0.25) is 0 Å². The van der Waals surface area contributed by atoms with E-state index < -0.39 is 11.7 Å². The molecular weight excluding hydrogens is 238 g/mol. The number of aromatic nitrogens is 1. The van der Waals surface area contributed by atoms with Gasteiger partial charge in [-0.25, -0.2) is 8.78 Å². The maximum atomic E-state index is 13.3. The van der Waals surface area contributed by atoms with E-state index >= 15 is 0 Å². The third-order valence-corrected chi connectivity index (χ3v) is 2.43. The molecule has 0 aliphatic rings. The van der Waals surface area contributed by atoms with Gasteiger partial charge in [0.2, 0.25) is 0 Å². The van der Waals surface area contributed by atoms with Crippen molar-refractivity contribution in [2.24, 2.45) is 0 Å². The van der Waals surface area contributed by atoms with Crippen LogP contribution in [0.15, 0.2) is 36.7 Å². The highest BCUT2D eigenvalue weighted by atomic mass is 19.1. The van der Waals surface area contributed by atoms with E-state index in [1.807, 2.05) is 0 Å². The van der Waals surface area contributed by atoms with Crippen LogP contribution in [0.3, 0.4) is 0 Å². The molecule has 1 aromatic carbocycles. The zero-order valence-corrected chi connectivity index (χ0v) is 9.58. The molecule has 1 aromatic heterocycles. The van der Waals surface area contributed by atoms with E-state index in [1.54, 1.807) is 6.92 Å². The fraction of sp³-hybridized carbons (Fsp3) is 0.0769. The molecule has 1 heterocycles. The number of halogens is 2. The lowest BCUT2D eigenvalue weighted by molar-refractivity contribution is 0.102. The third kappa shape index (κ3) is 2.51. The number of carbonyl (C=O) groups is 1. The summed E-state index contributed by atoms with van der Waals surface area (Å²) in [5, 5.41) is 2.49. The molecule has 0 bridgehead atoms. The minimum absolute atomic E-state index is 0.105. The highest BCUT2D eigenvalue weighted by molar-refractivity contribution is 6.04. The van der Waals surface area contributed by atoms with Gasteiger partial charge >= 0.3 is 0 Å². The summed E-state index contributed by atoms with van der Waals surface area (Å²) in [4.78, 5) is 15.3. The summed E-state index contributed by atoms with van der Waals surface area (Å²) in [6.07, 6.45) is 2.29. The van der Waals surface area contributed by atoms with E-state index in [0.29, 0.717) is 11.3 Å². The summed E-state index contributed by atoms with van der Waals surface area (Å²) in [6, 6.07) is 5.42. The Labute approximate surface area is 102 Å². The number of anilines is 1. The Kier molecular flexibility index (Phi) is 3.32. The summed E-state index contributed by atoms with van der Waals surface area (Å²) in [5.41, 5.74) is 0.713.